The van der Waals surface area contributed by atoms with Crippen LogP contribution in [0.2, 0.25) is 0 Å². The lowest BCUT2D eigenvalue weighted by molar-refractivity contribution is 0.0293. The maximum atomic E-state index is 12.0. The first-order valence-corrected chi connectivity index (χ1v) is 6.79. The molecule has 20 heavy (non-hydrogen) atoms. The summed E-state index contributed by atoms with van der Waals surface area (Å²) in [5.41, 5.74) is 6.86. The van der Waals surface area contributed by atoms with E-state index in [4.69, 9.17) is 10.5 Å². The normalized spacial score (nSPS) is 18.9. The molecule has 0 saturated carbocycles. The van der Waals surface area contributed by atoms with Gasteiger partial charge in [0.05, 0.1) is 17.6 Å². The van der Waals surface area contributed by atoms with E-state index in [2.05, 4.69) is 10.3 Å². The Morgan fingerprint density at radius 2 is 2.30 bits per heavy atom. The number of amides is 1. The summed E-state index contributed by atoms with van der Waals surface area (Å²) in [5, 5.41) is 3.34. The zero-order chi connectivity index (χ0) is 14.8. The Kier molecular flexibility index (Phi) is 4.01. The smallest absolute Gasteiger partial charge is 0.410 e. The number of hydrogen-bond acceptors (Lipinski definition) is 5. The Balaban J connectivity index is 1.90. The van der Waals surface area contributed by atoms with Crippen molar-refractivity contribution in [1.82, 2.24) is 9.88 Å². The lowest BCUT2D eigenvalue weighted by Crippen LogP contribution is -2.36. The quantitative estimate of drug-likeness (QED) is 0.865. The molecule has 1 atom stereocenters. The minimum absolute atomic E-state index is 0.187. The molecule has 1 amide bonds. The number of rotatable bonds is 2. The molecule has 2 heterocycles. The number of nitrogen functional groups attached to an aromatic ring is 1. The van der Waals surface area contributed by atoms with Crippen LogP contribution < -0.4 is 11.1 Å². The van der Waals surface area contributed by atoms with E-state index in [1.165, 1.54) is 0 Å². The summed E-state index contributed by atoms with van der Waals surface area (Å²) in [6.45, 7) is 6.92. The number of nitrogens with zero attached hydrogens (tertiary/aromatic N) is 2. The molecule has 0 spiro atoms. The van der Waals surface area contributed by atoms with Gasteiger partial charge in [0.15, 0.2) is 0 Å². The summed E-state index contributed by atoms with van der Waals surface area (Å²) in [5.74, 6) is 0. The highest BCUT2D eigenvalue weighted by Gasteiger charge is 2.29. The molecule has 1 fully saturated rings. The van der Waals surface area contributed by atoms with Gasteiger partial charge in [0, 0.05) is 25.3 Å². The van der Waals surface area contributed by atoms with E-state index < -0.39 is 5.60 Å². The second-order valence-corrected chi connectivity index (χ2v) is 6.02. The minimum Gasteiger partial charge on any atom is -0.444 e. The van der Waals surface area contributed by atoms with Crippen LogP contribution in [-0.4, -0.2) is 40.7 Å². The molecule has 1 saturated heterocycles. The minimum atomic E-state index is -0.460. The molecule has 1 aromatic rings. The van der Waals surface area contributed by atoms with Gasteiger partial charge in [-0.25, -0.2) is 4.79 Å². The van der Waals surface area contributed by atoms with E-state index in [1.54, 1.807) is 17.3 Å². The second-order valence-electron chi connectivity index (χ2n) is 6.02. The zero-order valence-electron chi connectivity index (χ0n) is 12.2. The molecule has 1 aromatic heterocycles. The standard InChI is InChI=1S/C14H22N4O2/c1-14(2,3)20-13(19)18-7-5-10(9-18)17-12-4-6-16-8-11(12)15/h4,6,8,10H,5,7,9,15H2,1-3H3,(H,16,17). The van der Waals surface area contributed by atoms with E-state index in [0.29, 0.717) is 18.8 Å². The fourth-order valence-corrected chi connectivity index (χ4v) is 2.13. The van der Waals surface area contributed by atoms with Gasteiger partial charge in [-0.2, -0.15) is 0 Å². The topological polar surface area (TPSA) is 80.5 Å². The number of carbonyl (C=O) groups is 1. The van der Waals surface area contributed by atoms with E-state index in [9.17, 15) is 4.79 Å². The molecule has 0 bridgehead atoms. The van der Waals surface area contributed by atoms with Crippen LogP contribution >= 0.6 is 0 Å². The van der Waals surface area contributed by atoms with Gasteiger partial charge in [-0.15, -0.1) is 0 Å². The summed E-state index contributed by atoms with van der Waals surface area (Å²) in [4.78, 5) is 17.6. The van der Waals surface area contributed by atoms with Gasteiger partial charge in [0.25, 0.3) is 0 Å². The number of likely N-dealkylation sites (tertiary alicyclic amines) is 1. The average Bonchev–Trinajstić information content (AvgIpc) is 2.79. The number of nitrogens with two attached hydrogens (primary N) is 1. The van der Waals surface area contributed by atoms with Crippen LogP contribution in [0, 0.1) is 0 Å². The van der Waals surface area contributed by atoms with Crippen LogP contribution in [0.4, 0.5) is 16.2 Å². The first-order valence-electron chi connectivity index (χ1n) is 6.79. The third-order valence-corrected chi connectivity index (χ3v) is 3.05. The Labute approximate surface area is 119 Å². The highest BCUT2D eigenvalue weighted by molar-refractivity contribution is 5.69. The Morgan fingerprint density at radius 1 is 1.55 bits per heavy atom. The van der Waals surface area contributed by atoms with E-state index in [-0.39, 0.29) is 12.1 Å². The average molecular weight is 278 g/mol. The first kappa shape index (κ1) is 14.4. The summed E-state index contributed by atoms with van der Waals surface area (Å²) < 4.78 is 5.37. The molecule has 0 radical (unpaired) electrons. The fourth-order valence-electron chi connectivity index (χ4n) is 2.13. The molecule has 3 N–H and O–H groups in total. The van der Waals surface area contributed by atoms with E-state index in [0.717, 1.165) is 12.1 Å². The molecule has 6 nitrogen and oxygen atoms in total. The molecule has 6 heteroatoms. The molecule has 0 aliphatic carbocycles. The summed E-state index contributed by atoms with van der Waals surface area (Å²) in [6.07, 6.45) is 3.92. The number of anilines is 2. The largest absolute Gasteiger partial charge is 0.444 e. The maximum absolute atomic E-state index is 12.0. The van der Waals surface area contributed by atoms with E-state index >= 15 is 0 Å². The molecule has 1 aliphatic heterocycles. The van der Waals surface area contributed by atoms with Gasteiger partial charge in [-0.05, 0) is 33.3 Å². The van der Waals surface area contributed by atoms with Crippen molar-refractivity contribution in [2.75, 3.05) is 24.1 Å². The van der Waals surface area contributed by atoms with Gasteiger partial charge < -0.3 is 20.7 Å². The number of carbonyl (C=O) groups excluding carboxylic acids is 1. The second kappa shape index (κ2) is 5.56. The number of aromatic nitrogens is 1. The number of ether oxygens (including phenoxy) is 1. The molecular formula is C14H22N4O2. The summed E-state index contributed by atoms with van der Waals surface area (Å²) in [7, 11) is 0. The third kappa shape index (κ3) is 3.76. The summed E-state index contributed by atoms with van der Waals surface area (Å²) >= 11 is 0. The lowest BCUT2D eigenvalue weighted by Gasteiger charge is -2.24. The molecule has 1 unspecified atom stereocenters. The van der Waals surface area contributed by atoms with Crippen LogP contribution in [0.5, 0.6) is 0 Å². The van der Waals surface area contributed by atoms with Crippen molar-refractivity contribution in [3.05, 3.63) is 18.5 Å². The Bertz CT molecular complexity index is 484. The monoisotopic (exact) mass is 278 g/mol. The summed E-state index contributed by atoms with van der Waals surface area (Å²) in [6, 6.07) is 2.03. The van der Waals surface area contributed by atoms with Crippen molar-refractivity contribution in [3.8, 4) is 0 Å². The lowest BCUT2D eigenvalue weighted by atomic mass is 10.2. The Hall–Kier alpha value is -1.98. The van der Waals surface area contributed by atoms with Gasteiger partial charge in [-0.3, -0.25) is 4.98 Å². The van der Waals surface area contributed by atoms with Crippen molar-refractivity contribution in [3.63, 3.8) is 0 Å². The van der Waals surface area contributed by atoms with Crippen molar-refractivity contribution >= 4 is 17.5 Å². The van der Waals surface area contributed by atoms with E-state index in [1.807, 2.05) is 26.8 Å². The number of nitrogens with one attached hydrogen (secondary N) is 1. The van der Waals surface area contributed by atoms with Gasteiger partial charge in [0.1, 0.15) is 5.60 Å². The third-order valence-electron chi connectivity index (χ3n) is 3.05. The van der Waals surface area contributed by atoms with Crippen molar-refractivity contribution in [2.24, 2.45) is 0 Å². The fraction of sp³-hybridized carbons (Fsp3) is 0.571. The van der Waals surface area contributed by atoms with Gasteiger partial charge >= 0.3 is 6.09 Å². The molecule has 2 rings (SSSR count). The highest BCUT2D eigenvalue weighted by atomic mass is 16.6. The van der Waals surface area contributed by atoms with Crippen LogP contribution in [0.25, 0.3) is 0 Å². The first-order chi connectivity index (χ1) is 9.35. The van der Waals surface area contributed by atoms with Crippen molar-refractivity contribution in [2.45, 2.75) is 38.8 Å². The van der Waals surface area contributed by atoms with Gasteiger partial charge in [-0.1, -0.05) is 0 Å². The highest BCUT2D eigenvalue weighted by Crippen LogP contribution is 2.21. The van der Waals surface area contributed by atoms with Crippen LogP contribution in [0.3, 0.4) is 0 Å². The molecule has 110 valence electrons. The SMILES string of the molecule is CC(C)(C)OC(=O)N1CCC(Nc2ccncc2N)C1. The zero-order valence-corrected chi connectivity index (χ0v) is 12.2. The van der Waals surface area contributed by atoms with Gasteiger partial charge in [0.2, 0.25) is 0 Å². The van der Waals surface area contributed by atoms with Crippen molar-refractivity contribution in [1.29, 1.82) is 0 Å². The Morgan fingerprint density at radius 3 is 2.95 bits per heavy atom. The maximum Gasteiger partial charge on any atom is 0.410 e. The predicted octanol–water partition coefficient (Wildman–Crippen LogP) is 2.09. The molecule has 0 aromatic carbocycles. The number of pyridine rings is 1. The molecular weight excluding hydrogens is 256 g/mol. The van der Waals surface area contributed by atoms with Crippen LogP contribution in [0.15, 0.2) is 18.5 Å². The molecule has 1 aliphatic rings. The van der Waals surface area contributed by atoms with Crippen LogP contribution in [-0.2, 0) is 4.74 Å². The van der Waals surface area contributed by atoms with Crippen molar-refractivity contribution < 1.29 is 9.53 Å². The van der Waals surface area contributed by atoms with Crippen LogP contribution in [0.1, 0.15) is 27.2 Å². The predicted molar refractivity (Wildman–Crippen MR) is 78.5 cm³/mol. The number of hydrogen-bond donors (Lipinski definition) is 2.